The second kappa shape index (κ2) is 5.38. The zero-order valence-corrected chi connectivity index (χ0v) is 10.2. The fourth-order valence-electron chi connectivity index (χ4n) is 2.74. The molecule has 0 aliphatic heterocycles. The van der Waals surface area contributed by atoms with Gasteiger partial charge in [0.2, 0.25) is 0 Å². The van der Waals surface area contributed by atoms with Crippen molar-refractivity contribution in [2.45, 2.75) is 66.2 Å². The Kier molecular flexibility index (Phi) is 4.44. The fraction of sp³-hybridized carbons (Fsp3) is 0.714. The Bertz CT molecular complexity index is 225. The minimum atomic E-state index is 1.23. The van der Waals surface area contributed by atoms with Crippen LogP contribution in [0.1, 0.15) is 66.2 Å². The Labute approximate surface area is 89.1 Å². The molecule has 0 bridgehead atoms. The lowest BCUT2D eigenvalue weighted by Crippen LogP contribution is -2.05. The second-order valence-electron chi connectivity index (χ2n) is 4.08. The highest BCUT2D eigenvalue weighted by molar-refractivity contribution is 5.42. The predicted molar refractivity (Wildman–Crippen MR) is 64.5 cm³/mol. The van der Waals surface area contributed by atoms with Crippen LogP contribution in [0.4, 0.5) is 0 Å². The first kappa shape index (κ1) is 11.6. The molecule has 14 heavy (non-hydrogen) atoms. The molecule has 0 atom stereocenters. The topological polar surface area (TPSA) is 0 Å². The summed E-state index contributed by atoms with van der Waals surface area (Å²) < 4.78 is 0. The maximum absolute atomic E-state index is 2.30. The minimum absolute atomic E-state index is 1.23. The molecular weight excluding hydrogens is 168 g/mol. The maximum Gasteiger partial charge on any atom is -0.0277 e. The lowest BCUT2D eigenvalue weighted by Gasteiger charge is -2.25. The molecule has 0 radical (unpaired) electrons. The van der Waals surface area contributed by atoms with Crippen LogP contribution in [0.2, 0.25) is 0 Å². The lowest BCUT2D eigenvalue weighted by molar-refractivity contribution is 0.760. The third kappa shape index (κ3) is 2.10. The molecule has 0 unspecified atom stereocenters. The Morgan fingerprint density at radius 2 is 1.00 bits per heavy atom. The molecule has 1 rings (SSSR count). The van der Waals surface area contributed by atoms with Crippen molar-refractivity contribution in [2.24, 2.45) is 0 Å². The highest BCUT2D eigenvalue weighted by Crippen LogP contribution is 2.36. The molecule has 0 amide bonds. The SMILES string of the molecule is CCC1=C(CC)C(CC)=C(CC)CC1. The van der Waals surface area contributed by atoms with Crippen molar-refractivity contribution in [1.29, 1.82) is 0 Å². The number of rotatable bonds is 4. The zero-order chi connectivity index (χ0) is 10.6. The first-order valence-corrected chi connectivity index (χ1v) is 6.20. The molecule has 1 aliphatic rings. The third-order valence-electron chi connectivity index (χ3n) is 3.51. The van der Waals surface area contributed by atoms with Crippen molar-refractivity contribution in [1.82, 2.24) is 0 Å². The largest absolute Gasteiger partial charge is 0.0667 e. The molecule has 0 spiro atoms. The van der Waals surface area contributed by atoms with Crippen LogP contribution in [0.15, 0.2) is 22.3 Å². The Hall–Kier alpha value is -0.520. The van der Waals surface area contributed by atoms with E-state index in [0.717, 1.165) is 0 Å². The summed E-state index contributed by atoms with van der Waals surface area (Å²) in [7, 11) is 0. The standard InChI is InChI=1S/C14H24/c1-5-11-9-10-12(6-2)14(8-4)13(11)7-3/h5-10H2,1-4H3. The van der Waals surface area contributed by atoms with Gasteiger partial charge in [-0.05, 0) is 49.7 Å². The molecule has 0 saturated heterocycles. The zero-order valence-electron chi connectivity index (χ0n) is 10.2. The van der Waals surface area contributed by atoms with E-state index < -0.39 is 0 Å². The Morgan fingerprint density at radius 3 is 1.21 bits per heavy atom. The summed E-state index contributed by atoms with van der Waals surface area (Å²) in [6.45, 7) is 9.21. The summed E-state index contributed by atoms with van der Waals surface area (Å²) in [5, 5.41) is 0. The molecule has 0 heteroatoms. The summed E-state index contributed by atoms with van der Waals surface area (Å²) in [5.41, 5.74) is 6.83. The van der Waals surface area contributed by atoms with Crippen molar-refractivity contribution in [3.05, 3.63) is 22.3 Å². The molecule has 0 fully saturated rings. The molecular formula is C14H24. The molecule has 0 aromatic rings. The molecule has 0 aromatic carbocycles. The molecule has 1 aliphatic carbocycles. The van der Waals surface area contributed by atoms with Gasteiger partial charge in [0.05, 0.1) is 0 Å². The van der Waals surface area contributed by atoms with Crippen LogP contribution in [0.25, 0.3) is 0 Å². The van der Waals surface area contributed by atoms with Crippen LogP contribution < -0.4 is 0 Å². The summed E-state index contributed by atoms with van der Waals surface area (Å²) in [6, 6.07) is 0. The van der Waals surface area contributed by atoms with E-state index in [0.29, 0.717) is 0 Å². The fourth-order valence-corrected chi connectivity index (χ4v) is 2.74. The first-order valence-electron chi connectivity index (χ1n) is 6.20. The molecule has 0 nitrogen and oxygen atoms in total. The Balaban J connectivity index is 3.08. The third-order valence-corrected chi connectivity index (χ3v) is 3.51. The van der Waals surface area contributed by atoms with Crippen molar-refractivity contribution >= 4 is 0 Å². The molecule has 0 aromatic heterocycles. The van der Waals surface area contributed by atoms with Crippen molar-refractivity contribution < 1.29 is 0 Å². The van der Waals surface area contributed by atoms with Crippen molar-refractivity contribution in [3.8, 4) is 0 Å². The molecule has 0 N–H and O–H groups in total. The number of hydrogen-bond acceptors (Lipinski definition) is 0. The van der Waals surface area contributed by atoms with Gasteiger partial charge in [0, 0.05) is 0 Å². The lowest BCUT2D eigenvalue weighted by atomic mass is 9.81. The summed E-state index contributed by atoms with van der Waals surface area (Å²) in [4.78, 5) is 0. The van der Waals surface area contributed by atoms with Gasteiger partial charge in [-0.3, -0.25) is 0 Å². The van der Waals surface area contributed by atoms with Crippen LogP contribution in [0.3, 0.4) is 0 Å². The van der Waals surface area contributed by atoms with E-state index in [-0.39, 0.29) is 0 Å². The minimum Gasteiger partial charge on any atom is -0.0667 e. The molecule has 80 valence electrons. The van der Waals surface area contributed by atoms with E-state index in [2.05, 4.69) is 27.7 Å². The van der Waals surface area contributed by atoms with Gasteiger partial charge in [-0.2, -0.15) is 0 Å². The van der Waals surface area contributed by atoms with Gasteiger partial charge in [0.1, 0.15) is 0 Å². The summed E-state index contributed by atoms with van der Waals surface area (Å²) in [5.74, 6) is 0. The number of allylic oxidation sites excluding steroid dienone is 4. The van der Waals surface area contributed by atoms with E-state index in [1.165, 1.54) is 38.5 Å². The highest BCUT2D eigenvalue weighted by atomic mass is 14.2. The van der Waals surface area contributed by atoms with Gasteiger partial charge >= 0.3 is 0 Å². The quantitative estimate of drug-likeness (QED) is 0.587. The first-order chi connectivity index (χ1) is 6.78. The predicted octanol–water partition coefficient (Wildman–Crippen LogP) is 5.01. The van der Waals surface area contributed by atoms with Gasteiger partial charge in [0.15, 0.2) is 0 Å². The normalized spacial score (nSPS) is 18.0. The van der Waals surface area contributed by atoms with Crippen molar-refractivity contribution in [3.63, 3.8) is 0 Å². The van der Waals surface area contributed by atoms with Crippen LogP contribution in [-0.4, -0.2) is 0 Å². The summed E-state index contributed by atoms with van der Waals surface area (Å²) >= 11 is 0. The Morgan fingerprint density at radius 1 is 0.643 bits per heavy atom. The average Bonchev–Trinajstić information content (AvgIpc) is 2.26. The van der Waals surface area contributed by atoms with E-state index in [4.69, 9.17) is 0 Å². The maximum atomic E-state index is 2.30. The average molecular weight is 192 g/mol. The smallest absolute Gasteiger partial charge is 0.0277 e. The van der Waals surface area contributed by atoms with Gasteiger partial charge in [-0.15, -0.1) is 0 Å². The number of hydrogen-bond donors (Lipinski definition) is 0. The highest BCUT2D eigenvalue weighted by Gasteiger charge is 2.16. The van der Waals surface area contributed by atoms with Crippen LogP contribution >= 0.6 is 0 Å². The van der Waals surface area contributed by atoms with Gasteiger partial charge in [-0.25, -0.2) is 0 Å². The molecule has 0 saturated carbocycles. The van der Waals surface area contributed by atoms with Crippen LogP contribution in [-0.2, 0) is 0 Å². The van der Waals surface area contributed by atoms with Crippen molar-refractivity contribution in [2.75, 3.05) is 0 Å². The second-order valence-corrected chi connectivity index (χ2v) is 4.08. The van der Waals surface area contributed by atoms with Gasteiger partial charge in [-0.1, -0.05) is 38.8 Å². The van der Waals surface area contributed by atoms with Crippen LogP contribution in [0, 0.1) is 0 Å². The van der Waals surface area contributed by atoms with Gasteiger partial charge < -0.3 is 0 Å². The van der Waals surface area contributed by atoms with E-state index in [9.17, 15) is 0 Å². The van der Waals surface area contributed by atoms with Crippen LogP contribution in [0.5, 0.6) is 0 Å². The monoisotopic (exact) mass is 192 g/mol. The van der Waals surface area contributed by atoms with E-state index in [1.54, 1.807) is 22.3 Å². The van der Waals surface area contributed by atoms with E-state index >= 15 is 0 Å². The summed E-state index contributed by atoms with van der Waals surface area (Å²) in [6.07, 6.45) is 7.62. The van der Waals surface area contributed by atoms with Gasteiger partial charge in [0.25, 0.3) is 0 Å². The van der Waals surface area contributed by atoms with E-state index in [1.807, 2.05) is 0 Å². The molecule has 0 heterocycles.